The summed E-state index contributed by atoms with van der Waals surface area (Å²) in [4.78, 5) is 11.2. The van der Waals surface area contributed by atoms with E-state index in [9.17, 15) is 10.1 Å². The maximum atomic E-state index is 10.6. The maximum Gasteiger partial charge on any atom is 0.434 e. The van der Waals surface area contributed by atoms with E-state index in [-0.39, 0.29) is 18.0 Å². The fraction of sp³-hybridized carbons (Fsp3) is 0.364. The van der Waals surface area contributed by atoms with Crippen LogP contribution in [0.25, 0.3) is 0 Å². The molecule has 2 aromatic rings. The minimum Gasteiger partial charge on any atom is -0.405 e. The fourth-order valence-corrected chi connectivity index (χ4v) is 2.16. The Bertz CT molecular complexity index is 663. The van der Waals surface area contributed by atoms with Crippen molar-refractivity contribution in [2.24, 2.45) is 0 Å². The van der Waals surface area contributed by atoms with Crippen molar-refractivity contribution in [2.75, 3.05) is 11.5 Å². The van der Waals surface area contributed by atoms with Gasteiger partial charge in [-0.3, -0.25) is 10.1 Å². The lowest BCUT2D eigenvalue weighted by atomic mass is 10.2. The molecule has 0 bridgehead atoms. The Kier molecular flexibility index (Phi) is 3.62. The van der Waals surface area contributed by atoms with Gasteiger partial charge in [0, 0.05) is 12.7 Å². The summed E-state index contributed by atoms with van der Waals surface area (Å²) in [5.41, 5.74) is 1.20. The van der Waals surface area contributed by atoms with Gasteiger partial charge in [0.2, 0.25) is 11.8 Å². The van der Waals surface area contributed by atoms with Crippen LogP contribution in [-0.2, 0) is 4.74 Å². The van der Waals surface area contributed by atoms with Gasteiger partial charge in [-0.15, -0.1) is 5.10 Å². The smallest absolute Gasteiger partial charge is 0.405 e. The van der Waals surface area contributed by atoms with E-state index in [1.165, 1.54) is 22.5 Å². The second-order valence-corrected chi connectivity index (χ2v) is 4.48. The first-order chi connectivity index (χ1) is 10.2. The number of aromatic nitrogens is 2. The first-order valence-electron chi connectivity index (χ1n) is 6.13. The quantitative estimate of drug-likeness (QED) is 0.467. The minimum absolute atomic E-state index is 0.0692. The van der Waals surface area contributed by atoms with Gasteiger partial charge in [0.1, 0.15) is 11.0 Å². The zero-order valence-corrected chi connectivity index (χ0v) is 11.5. The topological polar surface area (TPSA) is 108 Å². The minimum atomic E-state index is -0.642. The molecule has 0 amide bonds. The van der Waals surface area contributed by atoms with Gasteiger partial charge in [-0.25, -0.2) is 4.90 Å². The molecule has 1 fully saturated rings. The molecule has 0 aromatic carbocycles. The van der Waals surface area contributed by atoms with E-state index >= 15 is 0 Å². The van der Waals surface area contributed by atoms with Crippen LogP contribution in [0.1, 0.15) is 24.8 Å². The summed E-state index contributed by atoms with van der Waals surface area (Å²) in [5, 5.41) is 18.4. The van der Waals surface area contributed by atoms with Crippen molar-refractivity contribution in [2.45, 2.75) is 18.9 Å². The second-order valence-electron chi connectivity index (χ2n) is 4.27. The molecule has 3 rings (SSSR count). The standard InChI is InChI=1S/C11H10N4O5S/c16-15(17)9-4-3-8(19-9)14(6-21)11-13-12-10(20-11)7-2-1-5-18-7/h3-4,6-7H,1-2,5H2. The predicted molar refractivity (Wildman–Crippen MR) is 73.4 cm³/mol. The zero-order valence-electron chi connectivity index (χ0n) is 10.7. The van der Waals surface area contributed by atoms with Gasteiger partial charge in [0.25, 0.3) is 0 Å². The Balaban J connectivity index is 1.85. The molecule has 0 aliphatic carbocycles. The SMILES string of the molecule is O=[N+]([O-])c1ccc(N(C=S)c2nnc(C3CCCO3)o2)o1. The van der Waals surface area contributed by atoms with E-state index in [1.807, 2.05) is 0 Å². The molecule has 0 radical (unpaired) electrons. The lowest BCUT2D eigenvalue weighted by molar-refractivity contribution is -0.401. The normalized spacial score (nSPS) is 17.8. The van der Waals surface area contributed by atoms with E-state index in [2.05, 4.69) is 10.2 Å². The molecule has 2 aromatic heterocycles. The van der Waals surface area contributed by atoms with Crippen LogP contribution >= 0.6 is 12.2 Å². The summed E-state index contributed by atoms with van der Waals surface area (Å²) in [7, 11) is 0. The number of nitro groups is 1. The van der Waals surface area contributed by atoms with Crippen molar-refractivity contribution >= 4 is 35.5 Å². The molecule has 10 heteroatoms. The monoisotopic (exact) mass is 310 g/mol. The first-order valence-corrected chi connectivity index (χ1v) is 6.60. The molecular formula is C11H10N4O5S. The Hall–Kier alpha value is -2.33. The number of anilines is 2. The summed E-state index contributed by atoms with van der Waals surface area (Å²) >= 11 is 4.87. The summed E-state index contributed by atoms with van der Waals surface area (Å²) < 4.78 is 16.0. The van der Waals surface area contributed by atoms with Gasteiger partial charge in [0.05, 0.1) is 11.6 Å². The van der Waals surface area contributed by atoms with Gasteiger partial charge >= 0.3 is 11.9 Å². The van der Waals surface area contributed by atoms with E-state index in [4.69, 9.17) is 25.8 Å². The van der Waals surface area contributed by atoms with Crippen LogP contribution in [0, 0.1) is 10.1 Å². The van der Waals surface area contributed by atoms with Gasteiger partial charge < -0.3 is 13.6 Å². The number of ether oxygens (including phenoxy) is 1. The average Bonchev–Trinajstić information content (AvgIpc) is 3.21. The highest BCUT2D eigenvalue weighted by molar-refractivity contribution is 7.79. The van der Waals surface area contributed by atoms with Crippen LogP contribution in [0.5, 0.6) is 0 Å². The molecule has 3 heterocycles. The number of hydrogen-bond acceptors (Lipinski definition) is 8. The molecule has 21 heavy (non-hydrogen) atoms. The van der Waals surface area contributed by atoms with E-state index in [0.29, 0.717) is 12.5 Å². The van der Waals surface area contributed by atoms with E-state index in [0.717, 1.165) is 12.8 Å². The van der Waals surface area contributed by atoms with Gasteiger partial charge in [-0.1, -0.05) is 17.3 Å². The second kappa shape index (κ2) is 5.58. The number of furan rings is 1. The number of rotatable bonds is 5. The van der Waals surface area contributed by atoms with Gasteiger partial charge in [0.15, 0.2) is 0 Å². The number of nitrogens with zero attached hydrogens (tertiary/aromatic N) is 4. The summed E-state index contributed by atoms with van der Waals surface area (Å²) in [6, 6.07) is 2.69. The maximum absolute atomic E-state index is 10.6. The van der Waals surface area contributed by atoms with E-state index in [1.54, 1.807) is 0 Å². The van der Waals surface area contributed by atoms with Crippen LogP contribution in [-0.4, -0.2) is 27.2 Å². The third-order valence-electron chi connectivity index (χ3n) is 2.94. The first kappa shape index (κ1) is 13.6. The summed E-state index contributed by atoms with van der Waals surface area (Å²) in [5.74, 6) is 0.0790. The molecule has 0 saturated carbocycles. The molecule has 9 nitrogen and oxygen atoms in total. The van der Waals surface area contributed by atoms with E-state index < -0.39 is 10.8 Å². The van der Waals surface area contributed by atoms with Crippen molar-refractivity contribution in [1.29, 1.82) is 0 Å². The molecule has 1 atom stereocenters. The Morgan fingerprint density at radius 2 is 2.29 bits per heavy atom. The molecule has 1 unspecified atom stereocenters. The molecular weight excluding hydrogens is 300 g/mol. The lowest BCUT2D eigenvalue weighted by Crippen LogP contribution is -2.12. The fourth-order valence-electron chi connectivity index (χ4n) is 1.96. The van der Waals surface area contributed by atoms with Gasteiger partial charge in [-0.2, -0.15) is 0 Å². The molecule has 1 aliphatic rings. The molecule has 0 N–H and O–H groups in total. The Morgan fingerprint density at radius 3 is 2.90 bits per heavy atom. The van der Waals surface area contributed by atoms with Crippen molar-refractivity contribution in [1.82, 2.24) is 10.2 Å². The van der Waals surface area contributed by atoms with Crippen molar-refractivity contribution in [3.05, 3.63) is 28.1 Å². The third-order valence-corrected chi connectivity index (χ3v) is 3.15. The zero-order chi connectivity index (χ0) is 14.8. The van der Waals surface area contributed by atoms with Crippen molar-refractivity contribution in [3.63, 3.8) is 0 Å². The van der Waals surface area contributed by atoms with Crippen LogP contribution < -0.4 is 4.90 Å². The highest BCUT2D eigenvalue weighted by atomic mass is 32.1. The average molecular weight is 310 g/mol. The molecule has 0 spiro atoms. The number of thiocarbonyl (C=S) groups is 1. The summed E-state index contributed by atoms with van der Waals surface area (Å²) in [6.45, 7) is 0.656. The van der Waals surface area contributed by atoms with Crippen LogP contribution in [0.2, 0.25) is 0 Å². The number of hydrogen-bond donors (Lipinski definition) is 0. The lowest BCUT2D eigenvalue weighted by Gasteiger charge is -2.09. The predicted octanol–water partition coefficient (Wildman–Crippen LogP) is 2.52. The van der Waals surface area contributed by atoms with Crippen molar-refractivity contribution < 1.29 is 18.5 Å². The summed E-state index contributed by atoms with van der Waals surface area (Å²) in [6.07, 6.45) is 1.53. The van der Waals surface area contributed by atoms with Gasteiger partial charge in [-0.05, 0) is 12.8 Å². The van der Waals surface area contributed by atoms with Crippen molar-refractivity contribution in [3.8, 4) is 0 Å². The van der Waals surface area contributed by atoms with Crippen LogP contribution in [0.15, 0.2) is 21.0 Å². The Morgan fingerprint density at radius 1 is 1.43 bits per heavy atom. The molecule has 110 valence electrons. The third kappa shape index (κ3) is 2.62. The Labute approximate surface area is 123 Å². The largest absolute Gasteiger partial charge is 0.434 e. The highest BCUT2D eigenvalue weighted by Gasteiger charge is 2.26. The van der Waals surface area contributed by atoms with Crippen LogP contribution in [0.4, 0.5) is 17.8 Å². The highest BCUT2D eigenvalue weighted by Crippen LogP contribution is 2.32. The van der Waals surface area contributed by atoms with Crippen LogP contribution in [0.3, 0.4) is 0 Å². The molecule has 1 aliphatic heterocycles. The molecule has 1 saturated heterocycles.